The Morgan fingerprint density at radius 1 is 1.28 bits per heavy atom. The highest BCUT2D eigenvalue weighted by molar-refractivity contribution is 7.10. The minimum Gasteiger partial charge on any atom is -0.383 e. The number of amides is 2. The summed E-state index contributed by atoms with van der Waals surface area (Å²) in [6.45, 7) is -0.0588. The zero-order valence-corrected chi connectivity index (χ0v) is 14.0. The van der Waals surface area contributed by atoms with Crippen LogP contribution in [0.3, 0.4) is 0 Å². The van der Waals surface area contributed by atoms with Crippen molar-refractivity contribution in [2.45, 2.75) is 31.0 Å². The van der Waals surface area contributed by atoms with E-state index in [1.807, 2.05) is 11.4 Å². The molecule has 134 valence electrons. The van der Waals surface area contributed by atoms with Crippen molar-refractivity contribution in [1.82, 2.24) is 5.32 Å². The largest absolute Gasteiger partial charge is 0.418 e. The van der Waals surface area contributed by atoms with Crippen molar-refractivity contribution in [3.05, 3.63) is 51.7 Å². The number of hydrogen-bond acceptors (Lipinski definition) is 3. The lowest BCUT2D eigenvalue weighted by Gasteiger charge is -2.32. The van der Waals surface area contributed by atoms with Gasteiger partial charge in [-0.15, -0.1) is 11.3 Å². The van der Waals surface area contributed by atoms with E-state index < -0.39 is 23.4 Å². The average molecular weight is 370 g/mol. The van der Waals surface area contributed by atoms with E-state index in [1.54, 1.807) is 11.3 Å². The first-order valence-corrected chi connectivity index (χ1v) is 8.68. The van der Waals surface area contributed by atoms with Crippen LogP contribution in [0.25, 0.3) is 0 Å². The first kappa shape index (κ1) is 17.8. The molecule has 25 heavy (non-hydrogen) atoms. The number of halogens is 3. The van der Waals surface area contributed by atoms with Crippen LogP contribution in [0.5, 0.6) is 0 Å². The molecule has 0 radical (unpaired) electrons. The normalized spacial score (nSPS) is 20.0. The lowest BCUT2D eigenvalue weighted by Crippen LogP contribution is -2.44. The van der Waals surface area contributed by atoms with Gasteiger partial charge in [-0.25, -0.2) is 4.79 Å². The molecule has 1 aliphatic carbocycles. The number of aliphatic hydroxyl groups is 1. The molecule has 4 nitrogen and oxygen atoms in total. The summed E-state index contributed by atoms with van der Waals surface area (Å²) in [6.07, 6.45) is -2.38. The molecule has 0 bridgehead atoms. The number of fused-ring (bicyclic) bond motifs is 1. The molecule has 0 fully saturated rings. The molecule has 2 amide bonds. The van der Waals surface area contributed by atoms with E-state index >= 15 is 0 Å². The Hall–Kier alpha value is -2.06. The Morgan fingerprint density at radius 2 is 2.04 bits per heavy atom. The van der Waals surface area contributed by atoms with Crippen LogP contribution in [0, 0.1) is 0 Å². The standard InChI is InChI=1S/C17H17F3N2O2S/c18-17(19,20)11-4-1-2-5-13(11)22-15(23)21-10-16(24)8-3-6-14-12(16)7-9-25-14/h1-2,4-5,7,9,24H,3,6,8,10H2,(H2,21,22,23). The molecule has 1 aliphatic rings. The van der Waals surface area contributed by atoms with E-state index in [4.69, 9.17) is 0 Å². The monoisotopic (exact) mass is 370 g/mol. The van der Waals surface area contributed by atoms with Crippen molar-refractivity contribution in [2.75, 3.05) is 11.9 Å². The van der Waals surface area contributed by atoms with Gasteiger partial charge in [0, 0.05) is 4.88 Å². The van der Waals surface area contributed by atoms with E-state index in [-0.39, 0.29) is 12.2 Å². The molecule has 1 unspecified atom stereocenters. The SMILES string of the molecule is O=C(NCC1(O)CCCc2sccc21)Nc1ccccc1C(F)(F)F. The van der Waals surface area contributed by atoms with Crippen molar-refractivity contribution in [2.24, 2.45) is 0 Å². The zero-order chi connectivity index (χ0) is 18.1. The van der Waals surface area contributed by atoms with Crippen molar-refractivity contribution in [3.8, 4) is 0 Å². The summed E-state index contributed by atoms with van der Waals surface area (Å²) in [5.74, 6) is 0. The van der Waals surface area contributed by atoms with E-state index in [2.05, 4.69) is 10.6 Å². The Morgan fingerprint density at radius 3 is 2.80 bits per heavy atom. The predicted octanol–water partition coefficient (Wildman–Crippen LogP) is 4.11. The Balaban J connectivity index is 1.67. The molecule has 2 aromatic rings. The van der Waals surface area contributed by atoms with E-state index in [9.17, 15) is 23.1 Å². The summed E-state index contributed by atoms with van der Waals surface area (Å²) in [7, 11) is 0. The van der Waals surface area contributed by atoms with Gasteiger partial charge in [-0.2, -0.15) is 13.2 Å². The average Bonchev–Trinajstić information content (AvgIpc) is 3.03. The topological polar surface area (TPSA) is 61.4 Å². The highest BCUT2D eigenvalue weighted by atomic mass is 32.1. The number of anilines is 1. The fraction of sp³-hybridized carbons (Fsp3) is 0.353. The molecule has 1 aromatic heterocycles. The minimum atomic E-state index is -4.56. The maximum absolute atomic E-state index is 13.0. The molecule has 0 saturated carbocycles. The highest BCUT2D eigenvalue weighted by Crippen LogP contribution is 2.38. The lowest BCUT2D eigenvalue weighted by atomic mass is 9.83. The third-order valence-electron chi connectivity index (χ3n) is 4.26. The van der Waals surface area contributed by atoms with Gasteiger partial charge in [0.2, 0.25) is 0 Å². The molecular formula is C17H17F3N2O2S. The summed E-state index contributed by atoms with van der Waals surface area (Å²) >= 11 is 1.56. The number of thiophene rings is 1. The summed E-state index contributed by atoms with van der Waals surface area (Å²) < 4.78 is 38.9. The van der Waals surface area contributed by atoms with Crippen LogP contribution >= 0.6 is 11.3 Å². The molecule has 1 atom stereocenters. The van der Waals surface area contributed by atoms with Crippen LogP contribution in [0.15, 0.2) is 35.7 Å². The molecular weight excluding hydrogens is 353 g/mol. The number of urea groups is 1. The van der Waals surface area contributed by atoms with Crippen molar-refractivity contribution in [3.63, 3.8) is 0 Å². The molecule has 3 N–H and O–H groups in total. The maximum Gasteiger partial charge on any atom is 0.418 e. The third-order valence-corrected chi connectivity index (χ3v) is 5.24. The second-order valence-corrected chi connectivity index (χ2v) is 6.99. The van der Waals surface area contributed by atoms with Crippen molar-refractivity contribution in [1.29, 1.82) is 0 Å². The van der Waals surface area contributed by atoms with Gasteiger partial charge in [0.25, 0.3) is 0 Å². The Bertz CT molecular complexity index is 775. The highest BCUT2D eigenvalue weighted by Gasteiger charge is 2.36. The van der Waals surface area contributed by atoms with Gasteiger partial charge in [0.05, 0.1) is 17.8 Å². The number of benzene rings is 1. The van der Waals surface area contributed by atoms with Crippen LogP contribution in [0.2, 0.25) is 0 Å². The van der Waals surface area contributed by atoms with Crippen molar-refractivity contribution >= 4 is 23.1 Å². The van der Waals surface area contributed by atoms with Crippen molar-refractivity contribution < 1.29 is 23.1 Å². The number of alkyl halides is 3. The van der Waals surface area contributed by atoms with Gasteiger partial charge in [-0.3, -0.25) is 0 Å². The Labute approximate surface area is 146 Å². The third kappa shape index (κ3) is 3.80. The van der Waals surface area contributed by atoms with Crippen LogP contribution in [0.1, 0.15) is 28.8 Å². The first-order valence-electron chi connectivity index (χ1n) is 7.80. The maximum atomic E-state index is 13.0. The number of aryl methyl sites for hydroxylation is 1. The van der Waals surface area contributed by atoms with Crippen LogP contribution < -0.4 is 10.6 Å². The van der Waals surface area contributed by atoms with Crippen LogP contribution in [0.4, 0.5) is 23.7 Å². The number of hydrogen-bond donors (Lipinski definition) is 3. The molecule has 0 spiro atoms. The van der Waals surface area contributed by atoms with E-state index in [0.717, 1.165) is 29.3 Å². The summed E-state index contributed by atoms with van der Waals surface area (Å²) in [4.78, 5) is 13.1. The molecule has 3 rings (SSSR count). The second-order valence-electron chi connectivity index (χ2n) is 5.99. The van der Waals surface area contributed by atoms with Gasteiger partial charge in [-0.05, 0) is 48.4 Å². The summed E-state index contributed by atoms with van der Waals surface area (Å²) in [6, 6.07) is 5.81. The van der Waals surface area contributed by atoms with Gasteiger partial charge < -0.3 is 15.7 Å². The fourth-order valence-corrected chi connectivity index (χ4v) is 4.06. The molecule has 8 heteroatoms. The first-order chi connectivity index (χ1) is 11.8. The van der Waals surface area contributed by atoms with Gasteiger partial charge >= 0.3 is 12.2 Å². The smallest absolute Gasteiger partial charge is 0.383 e. The van der Waals surface area contributed by atoms with Gasteiger partial charge in [0.1, 0.15) is 5.60 Å². The van der Waals surface area contributed by atoms with Crippen LogP contribution in [-0.2, 0) is 18.2 Å². The minimum absolute atomic E-state index is 0.0588. The fourth-order valence-electron chi connectivity index (χ4n) is 3.04. The molecule has 1 aromatic carbocycles. The summed E-state index contributed by atoms with van der Waals surface area (Å²) in [5, 5.41) is 17.4. The van der Waals surface area contributed by atoms with Crippen LogP contribution in [-0.4, -0.2) is 17.7 Å². The lowest BCUT2D eigenvalue weighted by molar-refractivity contribution is -0.136. The number of para-hydroxylation sites is 1. The number of carbonyl (C=O) groups is 1. The number of nitrogens with one attached hydrogen (secondary N) is 2. The number of carbonyl (C=O) groups excluding carboxylic acids is 1. The quantitative estimate of drug-likeness (QED) is 0.761. The van der Waals surface area contributed by atoms with E-state index in [1.165, 1.54) is 18.2 Å². The van der Waals surface area contributed by atoms with Gasteiger partial charge in [-0.1, -0.05) is 12.1 Å². The molecule has 0 saturated heterocycles. The van der Waals surface area contributed by atoms with Gasteiger partial charge in [0.15, 0.2) is 0 Å². The second kappa shape index (κ2) is 6.68. The predicted molar refractivity (Wildman–Crippen MR) is 89.6 cm³/mol. The number of rotatable bonds is 3. The Kier molecular flexibility index (Phi) is 4.75. The summed E-state index contributed by atoms with van der Waals surface area (Å²) in [5.41, 5.74) is -1.63. The molecule has 1 heterocycles. The van der Waals surface area contributed by atoms with E-state index in [0.29, 0.717) is 6.42 Å². The zero-order valence-electron chi connectivity index (χ0n) is 13.2. The molecule has 0 aliphatic heterocycles.